The number of piperazine rings is 2. The van der Waals surface area contributed by atoms with Gasteiger partial charge in [0.1, 0.15) is 0 Å². The molecule has 10 nitrogen and oxygen atoms in total. The number of aromatic nitrogens is 2. The quantitative estimate of drug-likeness (QED) is 0.210. The fourth-order valence-electron chi connectivity index (χ4n) is 9.52. The predicted octanol–water partition coefficient (Wildman–Crippen LogP) is 6.21. The van der Waals surface area contributed by atoms with Crippen molar-refractivity contribution in [1.29, 1.82) is 0 Å². The van der Waals surface area contributed by atoms with Gasteiger partial charge in [-0.3, -0.25) is 24.7 Å². The monoisotopic (exact) mass is 813 g/mol. The maximum atomic E-state index is 10.0. The maximum Gasteiger partial charge on any atom is 0.376 e. The van der Waals surface area contributed by atoms with E-state index in [1.165, 1.54) is 50.1 Å². The van der Waals surface area contributed by atoms with Crippen LogP contribution in [-0.4, -0.2) is 144 Å². The summed E-state index contributed by atoms with van der Waals surface area (Å²) < 4.78 is 5.58. The second-order valence-electron chi connectivity index (χ2n) is 16.6. The average molecular weight is 814 g/mol. The Morgan fingerprint density at radius 1 is 0.678 bits per heavy atom. The van der Waals surface area contributed by atoms with E-state index >= 15 is 0 Å². The summed E-state index contributed by atoms with van der Waals surface area (Å²) in [5, 5.41) is 20.7. The van der Waals surface area contributed by atoms with Crippen molar-refractivity contribution in [1.82, 2.24) is 34.3 Å². The Kier molecular flexibility index (Phi) is 13.5. The molecule has 0 saturated carbocycles. The van der Waals surface area contributed by atoms with Crippen LogP contribution in [0.5, 0.6) is 0 Å². The zero-order chi connectivity index (χ0) is 41.0. The smallest absolute Gasteiger partial charge is 0.376 e. The highest BCUT2D eigenvalue weighted by molar-refractivity contribution is 6.45. The van der Waals surface area contributed by atoms with E-state index in [0.29, 0.717) is 0 Å². The highest BCUT2D eigenvalue weighted by atomic mass is 35.5. The van der Waals surface area contributed by atoms with Gasteiger partial charge in [-0.05, 0) is 108 Å². The summed E-state index contributed by atoms with van der Waals surface area (Å²) in [5.41, 5.74) is 13.8. The first kappa shape index (κ1) is 42.0. The number of ether oxygens (including phenoxy) is 1. The van der Waals surface area contributed by atoms with Gasteiger partial charge >= 0.3 is 14.1 Å². The van der Waals surface area contributed by atoms with Crippen LogP contribution in [0.1, 0.15) is 75.8 Å². The third-order valence-corrected chi connectivity index (χ3v) is 13.0. The summed E-state index contributed by atoms with van der Waals surface area (Å²) in [5.74, 6) is 0. The largest absolute Gasteiger partial charge is 0.437 e. The van der Waals surface area contributed by atoms with Crippen LogP contribution < -0.4 is 0 Å². The van der Waals surface area contributed by atoms with Crippen molar-refractivity contribution in [3.05, 3.63) is 128 Å². The molecule has 4 aromatic rings. The predicted molar refractivity (Wildman–Crippen MR) is 242 cm³/mol. The Bertz CT molecular complexity index is 2150. The number of rotatable bonds is 7. The lowest BCUT2D eigenvalue weighted by molar-refractivity contribution is 0.0444. The first-order chi connectivity index (χ1) is 28.7. The SMILES string of the molecule is CB(O)N1CCN(C2c3ccc(C)cc3C(CN3CCOCC3)=Cc3cccnc32)CC1.CCC1=Cc2cccnc2C(N2CCN(B(C)O)CC2)c2ccc(Cl)cc21. The van der Waals surface area contributed by atoms with E-state index in [2.05, 4.69) is 92.8 Å². The number of allylic oxidation sites excluding steroid dienone is 1. The van der Waals surface area contributed by atoms with Crippen molar-refractivity contribution in [2.45, 2.75) is 46.0 Å². The molecule has 308 valence electrons. The van der Waals surface area contributed by atoms with Gasteiger partial charge in [-0.1, -0.05) is 60.5 Å². The van der Waals surface area contributed by atoms with Gasteiger partial charge in [-0.15, -0.1) is 0 Å². The first-order valence-electron chi connectivity index (χ1n) is 21.5. The minimum Gasteiger partial charge on any atom is -0.437 e. The summed E-state index contributed by atoms with van der Waals surface area (Å²) >= 11 is 6.36. The molecule has 3 fully saturated rings. The van der Waals surface area contributed by atoms with Crippen LogP contribution in [0.2, 0.25) is 18.7 Å². The Hall–Kier alpha value is -3.68. The van der Waals surface area contributed by atoms with Gasteiger partial charge in [-0.2, -0.15) is 0 Å². The van der Waals surface area contributed by atoms with Crippen LogP contribution in [0.15, 0.2) is 73.1 Å². The molecular weight excluding hydrogens is 756 g/mol. The molecule has 5 aliphatic rings. The van der Waals surface area contributed by atoms with E-state index in [4.69, 9.17) is 26.3 Å². The zero-order valence-electron chi connectivity index (χ0n) is 35.1. The van der Waals surface area contributed by atoms with E-state index < -0.39 is 14.1 Å². The lowest BCUT2D eigenvalue weighted by atomic mass is 9.84. The van der Waals surface area contributed by atoms with E-state index in [1.54, 1.807) is 0 Å². The number of morpholine rings is 1. The van der Waals surface area contributed by atoms with E-state index in [0.717, 1.165) is 108 Å². The summed E-state index contributed by atoms with van der Waals surface area (Å²) in [7, 11) is -0.792. The number of pyridine rings is 2. The molecular formula is C46H58B2ClN7O3. The van der Waals surface area contributed by atoms with Crippen molar-refractivity contribution in [3.8, 4) is 0 Å². The minimum absolute atomic E-state index is 0.102. The Balaban J connectivity index is 0.000000167. The topological polar surface area (TPSA) is 91.7 Å². The summed E-state index contributed by atoms with van der Waals surface area (Å²) in [6.07, 6.45) is 9.39. The van der Waals surface area contributed by atoms with Crippen LogP contribution >= 0.6 is 11.6 Å². The number of aryl methyl sites for hydroxylation is 1. The fourth-order valence-corrected chi connectivity index (χ4v) is 9.69. The van der Waals surface area contributed by atoms with Crippen molar-refractivity contribution >= 4 is 49.0 Å². The third kappa shape index (κ3) is 9.32. The molecule has 0 bridgehead atoms. The standard InChI is InChI=1S/C25H33BN4O2.C21H25BClN3O/c1-19-5-6-22-23(16-19)21(18-28-12-14-32-15-13-28)17-20-4-3-7-27-24(20)25(22)29-8-10-30(11-9-29)26(2)31;1-3-15-13-16-5-4-8-24-20(16)21(18-7-6-17(23)14-19(15)18)25-9-11-26(12-10-25)22(2)27/h3-7,16-17,25,31H,8-15,18H2,1-2H3;4-8,13-14,21,27H,3,9-12H2,1-2H3. The van der Waals surface area contributed by atoms with Gasteiger partial charge in [0.25, 0.3) is 0 Å². The molecule has 0 amide bonds. The fraction of sp³-hybridized carbons (Fsp3) is 0.435. The van der Waals surface area contributed by atoms with Gasteiger partial charge < -0.3 is 24.4 Å². The van der Waals surface area contributed by atoms with Crippen LogP contribution in [0.4, 0.5) is 0 Å². The third-order valence-electron chi connectivity index (χ3n) is 12.8. The van der Waals surface area contributed by atoms with Crippen LogP contribution in [0.25, 0.3) is 23.3 Å². The van der Waals surface area contributed by atoms with Crippen LogP contribution in [0.3, 0.4) is 0 Å². The molecule has 2 aromatic heterocycles. The van der Waals surface area contributed by atoms with Gasteiger partial charge in [0.05, 0.1) is 36.7 Å². The summed E-state index contributed by atoms with van der Waals surface area (Å²) in [6, 6.07) is 21.8. The van der Waals surface area contributed by atoms with Crippen molar-refractivity contribution in [2.24, 2.45) is 0 Å². The highest BCUT2D eigenvalue weighted by Crippen LogP contribution is 2.42. The van der Waals surface area contributed by atoms with E-state index in [-0.39, 0.29) is 12.1 Å². The Morgan fingerprint density at radius 3 is 1.71 bits per heavy atom. The molecule has 3 saturated heterocycles. The number of hydrogen-bond acceptors (Lipinski definition) is 10. The zero-order valence-corrected chi connectivity index (χ0v) is 35.9. The van der Waals surface area contributed by atoms with Crippen LogP contribution in [-0.2, 0) is 4.74 Å². The summed E-state index contributed by atoms with van der Waals surface area (Å²) in [6.45, 7) is 19.6. The lowest BCUT2D eigenvalue weighted by Crippen LogP contribution is -2.52. The van der Waals surface area contributed by atoms with Crippen molar-refractivity contribution < 1.29 is 14.8 Å². The molecule has 0 radical (unpaired) electrons. The van der Waals surface area contributed by atoms with Crippen molar-refractivity contribution in [2.75, 3.05) is 85.2 Å². The highest BCUT2D eigenvalue weighted by Gasteiger charge is 2.35. The molecule has 2 N–H and O–H groups in total. The Labute approximate surface area is 356 Å². The second-order valence-corrected chi connectivity index (χ2v) is 17.0. The first-order valence-corrected chi connectivity index (χ1v) is 21.9. The molecule has 13 heteroatoms. The van der Waals surface area contributed by atoms with Gasteiger partial charge in [0.15, 0.2) is 0 Å². The number of halogens is 1. The molecule has 59 heavy (non-hydrogen) atoms. The molecule has 9 rings (SSSR count). The molecule has 2 aliphatic carbocycles. The normalized spacial score (nSPS) is 21.6. The number of nitrogens with zero attached hydrogens (tertiary/aromatic N) is 7. The maximum absolute atomic E-state index is 10.0. The molecule has 2 unspecified atom stereocenters. The van der Waals surface area contributed by atoms with Crippen molar-refractivity contribution in [3.63, 3.8) is 0 Å². The number of hydrogen-bond donors (Lipinski definition) is 2. The summed E-state index contributed by atoms with van der Waals surface area (Å²) in [4.78, 5) is 21.5. The Morgan fingerprint density at radius 2 is 1.19 bits per heavy atom. The number of fused-ring (bicyclic) bond motifs is 4. The molecule has 2 atom stereocenters. The average Bonchev–Trinajstić information content (AvgIpc) is 3.48. The molecule has 5 heterocycles. The number of benzene rings is 2. The second kappa shape index (κ2) is 18.9. The van der Waals surface area contributed by atoms with Crippen LogP contribution in [0, 0.1) is 6.92 Å². The van der Waals surface area contributed by atoms with E-state index in [1.807, 2.05) is 44.2 Å². The minimum atomic E-state index is -0.397. The van der Waals surface area contributed by atoms with Gasteiger partial charge in [0.2, 0.25) is 0 Å². The lowest BCUT2D eigenvalue weighted by Gasteiger charge is -2.40. The molecule has 3 aliphatic heterocycles. The van der Waals surface area contributed by atoms with E-state index in [9.17, 15) is 10.0 Å². The van der Waals surface area contributed by atoms with Gasteiger partial charge in [0, 0.05) is 89.4 Å². The molecule has 2 aromatic carbocycles. The molecule has 0 spiro atoms. The van der Waals surface area contributed by atoms with Gasteiger partial charge in [-0.25, -0.2) is 0 Å².